The molecule has 0 spiro atoms. The summed E-state index contributed by atoms with van der Waals surface area (Å²) in [4.78, 5) is 0. The van der Waals surface area contributed by atoms with Gasteiger partial charge < -0.3 is 0 Å². The summed E-state index contributed by atoms with van der Waals surface area (Å²) < 4.78 is 0. The molecular formula is C6H5Cl3CoN3. The molecule has 0 saturated heterocycles. The molecule has 0 aliphatic carbocycles. The Morgan fingerprint density at radius 2 is 1.38 bits per heavy atom. The Morgan fingerprint density at radius 3 is 1.77 bits per heavy atom. The SMILES string of the molecule is [Cl][Co]([Cl])[Cl].c1ccc2n[nH]nc2c1. The number of benzene rings is 1. The van der Waals surface area contributed by atoms with Crippen molar-refractivity contribution in [1.29, 1.82) is 0 Å². The number of aromatic amines is 1. The van der Waals surface area contributed by atoms with Crippen LogP contribution in [0.5, 0.6) is 0 Å². The number of para-hydroxylation sites is 2. The zero-order valence-corrected chi connectivity index (χ0v) is 9.48. The quantitative estimate of drug-likeness (QED) is 0.808. The molecule has 1 heterocycles. The Bertz CT molecular complexity index is 332. The summed E-state index contributed by atoms with van der Waals surface area (Å²) in [6.07, 6.45) is 0. The zero-order valence-electron chi connectivity index (χ0n) is 6.17. The number of H-pyrrole nitrogens is 1. The van der Waals surface area contributed by atoms with E-state index in [2.05, 4.69) is 15.4 Å². The average molecular weight is 284 g/mol. The largest absolute Gasteiger partial charge is 0.197 e. The summed E-state index contributed by atoms with van der Waals surface area (Å²) in [6, 6.07) is 7.70. The second kappa shape index (κ2) is 5.67. The fourth-order valence-electron chi connectivity index (χ4n) is 0.786. The standard InChI is InChI=1S/C6H5N3.3ClH.Co/c1-2-4-6-5(3-1)7-9-8-6;;;;/h1-4H,(H,7,8,9);3*1H;/q;;;;+3/p-3. The van der Waals surface area contributed by atoms with Gasteiger partial charge in [0.15, 0.2) is 0 Å². The van der Waals surface area contributed by atoms with Crippen LogP contribution >= 0.6 is 30.4 Å². The predicted octanol–water partition coefficient (Wildman–Crippen LogP) is 3.02. The molecule has 7 heteroatoms. The number of aromatic nitrogens is 3. The molecule has 0 aliphatic rings. The van der Waals surface area contributed by atoms with E-state index in [4.69, 9.17) is 30.4 Å². The van der Waals surface area contributed by atoms with Crippen molar-refractivity contribution in [1.82, 2.24) is 15.4 Å². The van der Waals surface area contributed by atoms with Crippen molar-refractivity contribution in [3.05, 3.63) is 24.3 Å². The first-order valence-electron chi connectivity index (χ1n) is 3.10. The zero-order chi connectivity index (χ0) is 9.68. The van der Waals surface area contributed by atoms with Gasteiger partial charge in [-0.2, -0.15) is 15.4 Å². The summed E-state index contributed by atoms with van der Waals surface area (Å²) in [7, 11) is 13.4. The van der Waals surface area contributed by atoms with Gasteiger partial charge in [-0.3, -0.25) is 0 Å². The van der Waals surface area contributed by atoms with Gasteiger partial charge in [-0.1, -0.05) is 12.1 Å². The number of fused-ring (bicyclic) bond motifs is 1. The molecule has 13 heavy (non-hydrogen) atoms. The van der Waals surface area contributed by atoms with Crippen LogP contribution in [-0.4, -0.2) is 15.4 Å². The molecule has 0 amide bonds. The summed E-state index contributed by atoms with van der Waals surface area (Å²) in [5.74, 6) is 0. The first-order valence-corrected chi connectivity index (χ1v) is 7.40. The van der Waals surface area contributed by atoms with Crippen LogP contribution in [0.4, 0.5) is 0 Å². The maximum Gasteiger partial charge on any atom is 0.112 e. The van der Waals surface area contributed by atoms with E-state index in [-0.39, 0.29) is 0 Å². The Hall–Kier alpha value is -0.00351. The van der Waals surface area contributed by atoms with E-state index in [1.165, 1.54) is 0 Å². The van der Waals surface area contributed by atoms with Crippen molar-refractivity contribution in [2.45, 2.75) is 0 Å². The van der Waals surface area contributed by atoms with Gasteiger partial charge in [0.25, 0.3) is 0 Å². The van der Waals surface area contributed by atoms with Gasteiger partial charge in [0.1, 0.15) is 11.0 Å². The van der Waals surface area contributed by atoms with E-state index in [0.29, 0.717) is 0 Å². The number of hydrogen-bond acceptors (Lipinski definition) is 2. The minimum atomic E-state index is -1.19. The van der Waals surface area contributed by atoms with Crippen molar-refractivity contribution in [2.24, 2.45) is 0 Å². The molecule has 0 unspecified atom stereocenters. The Kier molecular flexibility index (Phi) is 4.83. The van der Waals surface area contributed by atoms with Gasteiger partial charge in [-0.15, -0.1) is 0 Å². The van der Waals surface area contributed by atoms with Crippen LogP contribution in [-0.2, 0) is 10.9 Å². The first-order chi connectivity index (χ1) is 6.20. The fourth-order valence-corrected chi connectivity index (χ4v) is 0.786. The van der Waals surface area contributed by atoms with E-state index in [1.54, 1.807) is 0 Å². The molecule has 74 valence electrons. The van der Waals surface area contributed by atoms with Gasteiger partial charge >= 0.3 is 41.4 Å². The molecule has 1 aromatic carbocycles. The third-order valence-corrected chi connectivity index (χ3v) is 1.22. The molecule has 2 aromatic rings. The van der Waals surface area contributed by atoms with E-state index in [9.17, 15) is 0 Å². The van der Waals surface area contributed by atoms with Crippen molar-refractivity contribution < 1.29 is 10.9 Å². The second-order valence-corrected chi connectivity index (χ2v) is 7.11. The number of nitrogens with zero attached hydrogens (tertiary/aromatic N) is 2. The molecule has 2 rings (SSSR count). The predicted molar refractivity (Wildman–Crippen MR) is 51.4 cm³/mol. The third-order valence-electron chi connectivity index (χ3n) is 1.22. The van der Waals surface area contributed by atoms with Crippen LogP contribution in [0.3, 0.4) is 0 Å². The second-order valence-electron chi connectivity index (χ2n) is 1.96. The number of hydrogen-bond donors (Lipinski definition) is 1. The molecule has 0 atom stereocenters. The van der Waals surface area contributed by atoms with Gasteiger partial charge in [0.2, 0.25) is 0 Å². The molecule has 1 N–H and O–H groups in total. The van der Waals surface area contributed by atoms with Crippen LogP contribution in [0.1, 0.15) is 0 Å². The maximum absolute atomic E-state index is 4.87. The molecule has 1 aromatic heterocycles. The minimum absolute atomic E-state index is 0.914. The molecular weight excluding hydrogens is 279 g/mol. The van der Waals surface area contributed by atoms with Crippen molar-refractivity contribution in [3.8, 4) is 0 Å². The number of rotatable bonds is 0. The van der Waals surface area contributed by atoms with Gasteiger partial charge in [-0.25, -0.2) is 0 Å². The van der Waals surface area contributed by atoms with Crippen molar-refractivity contribution in [2.75, 3.05) is 0 Å². The summed E-state index contributed by atoms with van der Waals surface area (Å²) in [6.45, 7) is 0. The Balaban J connectivity index is 0.000000184. The maximum atomic E-state index is 4.87. The normalized spacial score (nSPS) is 10.5. The minimum Gasteiger partial charge on any atom is -0.197 e. The van der Waals surface area contributed by atoms with Crippen LogP contribution in [0.2, 0.25) is 0 Å². The summed E-state index contributed by atoms with van der Waals surface area (Å²) >= 11 is 0. The molecule has 0 radical (unpaired) electrons. The molecule has 0 saturated carbocycles. The molecule has 0 bridgehead atoms. The van der Waals surface area contributed by atoms with Gasteiger partial charge in [-0.05, 0) is 12.1 Å². The molecule has 0 fully saturated rings. The van der Waals surface area contributed by atoms with Crippen LogP contribution < -0.4 is 0 Å². The Labute approximate surface area is 91.9 Å². The van der Waals surface area contributed by atoms with E-state index < -0.39 is 10.9 Å². The van der Waals surface area contributed by atoms with Crippen LogP contribution in [0.15, 0.2) is 24.3 Å². The summed E-state index contributed by atoms with van der Waals surface area (Å²) in [5.41, 5.74) is 1.83. The van der Waals surface area contributed by atoms with E-state index in [1.807, 2.05) is 24.3 Å². The smallest absolute Gasteiger partial charge is 0.112 e. The molecule has 0 aliphatic heterocycles. The third kappa shape index (κ3) is 4.15. The monoisotopic (exact) mass is 283 g/mol. The summed E-state index contributed by atoms with van der Waals surface area (Å²) in [5, 5.41) is 10.3. The topological polar surface area (TPSA) is 41.6 Å². The van der Waals surface area contributed by atoms with Crippen molar-refractivity contribution >= 4 is 41.5 Å². The number of nitrogens with one attached hydrogen (secondary N) is 1. The van der Waals surface area contributed by atoms with E-state index in [0.717, 1.165) is 11.0 Å². The Morgan fingerprint density at radius 1 is 1.00 bits per heavy atom. The number of halogens is 3. The van der Waals surface area contributed by atoms with Crippen molar-refractivity contribution in [3.63, 3.8) is 0 Å². The first kappa shape index (κ1) is 11.1. The van der Waals surface area contributed by atoms with Gasteiger partial charge in [0.05, 0.1) is 0 Å². The average Bonchev–Trinajstić information content (AvgIpc) is 2.49. The van der Waals surface area contributed by atoms with Gasteiger partial charge in [0, 0.05) is 0 Å². The van der Waals surface area contributed by atoms with E-state index >= 15 is 0 Å². The van der Waals surface area contributed by atoms with Crippen LogP contribution in [0.25, 0.3) is 11.0 Å². The van der Waals surface area contributed by atoms with Crippen LogP contribution in [0, 0.1) is 0 Å². The fraction of sp³-hybridized carbons (Fsp3) is 0. The molecule has 3 nitrogen and oxygen atoms in total.